The number of carbonyl (C=O) groups excluding carboxylic acids is 1. The molecule has 0 fully saturated rings. The van der Waals surface area contributed by atoms with Gasteiger partial charge in [0.2, 0.25) is 0 Å². The molecule has 0 saturated heterocycles. The molecule has 0 saturated carbocycles. The molecule has 1 unspecified atom stereocenters. The van der Waals surface area contributed by atoms with Crippen LogP contribution in [0.25, 0.3) is 0 Å². The molecule has 1 atom stereocenters. The molecule has 19 heavy (non-hydrogen) atoms. The second-order valence-corrected chi connectivity index (χ2v) is 4.23. The minimum Gasteiger partial charge on any atom is -0.291 e. The van der Waals surface area contributed by atoms with Crippen LogP contribution in [0.1, 0.15) is 24.8 Å². The van der Waals surface area contributed by atoms with Gasteiger partial charge >= 0.3 is 0 Å². The fourth-order valence-electron chi connectivity index (χ4n) is 1.60. The highest BCUT2D eigenvalue weighted by molar-refractivity contribution is 5.86. The number of amides is 1. The Morgan fingerprint density at radius 2 is 1.68 bits per heavy atom. The van der Waals surface area contributed by atoms with Crippen molar-refractivity contribution >= 4 is 5.91 Å². The number of rotatable bonds is 4. The standard InChI is InChI=1S/C16H20N2O/c1-14(10-9-13-16(19)18-17)15-11-7-5-3-2-4-6-8-12-15/h2-9,11-14H,10,17H2,1H3,(H,18,19)/b3-2?,4-2?,5-3?,6-4?,7-5?,8-6?,11-7?,12-8?,13-9+,15-11?,15-12?. The zero-order chi connectivity index (χ0) is 13.9. The molecule has 0 bridgehead atoms. The van der Waals surface area contributed by atoms with Gasteiger partial charge in [0.15, 0.2) is 0 Å². The van der Waals surface area contributed by atoms with E-state index < -0.39 is 0 Å². The molecule has 0 heterocycles. The van der Waals surface area contributed by atoms with E-state index in [1.807, 2.05) is 48.5 Å². The van der Waals surface area contributed by atoms with E-state index >= 15 is 0 Å². The van der Waals surface area contributed by atoms with Gasteiger partial charge in [-0.3, -0.25) is 10.2 Å². The monoisotopic (exact) mass is 256 g/mol. The van der Waals surface area contributed by atoms with Crippen molar-refractivity contribution in [2.45, 2.75) is 19.3 Å². The first-order valence-electron chi connectivity index (χ1n) is 6.29. The van der Waals surface area contributed by atoms with E-state index in [0.717, 1.165) is 6.42 Å². The van der Waals surface area contributed by atoms with E-state index in [0.29, 0.717) is 5.92 Å². The first-order chi connectivity index (χ1) is 9.24. The summed E-state index contributed by atoms with van der Waals surface area (Å²) >= 11 is 0. The predicted molar refractivity (Wildman–Crippen MR) is 78.6 cm³/mol. The van der Waals surface area contributed by atoms with Gasteiger partial charge in [-0.1, -0.05) is 67.6 Å². The van der Waals surface area contributed by atoms with Gasteiger partial charge in [0.25, 0.3) is 5.91 Å². The van der Waals surface area contributed by atoms with Crippen LogP contribution in [0, 0.1) is 0 Å². The molecule has 100 valence electrons. The normalized spacial score (nSPS) is 11.7. The maximum Gasteiger partial charge on any atom is 0.257 e. The van der Waals surface area contributed by atoms with Crippen molar-refractivity contribution in [3.63, 3.8) is 0 Å². The number of hydrazine groups is 1. The van der Waals surface area contributed by atoms with Crippen LogP contribution in [0.3, 0.4) is 0 Å². The van der Waals surface area contributed by atoms with Crippen molar-refractivity contribution in [1.82, 2.24) is 5.43 Å². The largest absolute Gasteiger partial charge is 0.291 e. The maximum absolute atomic E-state index is 11.0. The van der Waals surface area contributed by atoms with Crippen molar-refractivity contribution in [2.24, 2.45) is 5.84 Å². The van der Waals surface area contributed by atoms with E-state index in [1.54, 1.807) is 0 Å². The Labute approximate surface area is 114 Å². The summed E-state index contributed by atoms with van der Waals surface area (Å²) in [7, 11) is 0. The van der Waals surface area contributed by atoms with Crippen LogP contribution in [0.15, 0.2) is 66.7 Å². The highest BCUT2D eigenvalue weighted by Crippen LogP contribution is 2.17. The summed E-state index contributed by atoms with van der Waals surface area (Å²) in [5.41, 5.74) is 3.29. The topological polar surface area (TPSA) is 55.1 Å². The lowest BCUT2D eigenvalue weighted by molar-refractivity contribution is -0.116. The molecular weight excluding hydrogens is 236 g/mol. The lowest BCUT2D eigenvalue weighted by atomic mass is 9.99. The van der Waals surface area contributed by atoms with E-state index in [-0.39, 0.29) is 5.91 Å². The van der Waals surface area contributed by atoms with Crippen molar-refractivity contribution in [2.75, 3.05) is 0 Å². The molecule has 0 radical (unpaired) electrons. The van der Waals surface area contributed by atoms with Gasteiger partial charge in [0.05, 0.1) is 0 Å². The molecule has 1 aromatic rings. The third kappa shape index (κ3) is 6.38. The van der Waals surface area contributed by atoms with Gasteiger partial charge in [-0.15, -0.1) is 0 Å². The summed E-state index contributed by atoms with van der Waals surface area (Å²) in [5, 5.41) is 0. The summed E-state index contributed by atoms with van der Waals surface area (Å²) in [5.74, 6) is 5.06. The Hall–Kier alpha value is -2.13. The molecule has 3 heteroatoms. The Bertz CT molecular complexity index is 457. The van der Waals surface area contributed by atoms with Crippen LogP contribution >= 0.6 is 0 Å². The minimum absolute atomic E-state index is 0.282. The second-order valence-electron chi connectivity index (χ2n) is 4.23. The molecule has 1 aromatic carbocycles. The first-order valence-corrected chi connectivity index (χ1v) is 6.29. The van der Waals surface area contributed by atoms with Crippen LogP contribution in [0.5, 0.6) is 0 Å². The van der Waals surface area contributed by atoms with Crippen LogP contribution in [-0.4, -0.2) is 5.91 Å². The van der Waals surface area contributed by atoms with Gasteiger partial charge in [0.1, 0.15) is 0 Å². The molecule has 0 aliphatic carbocycles. The van der Waals surface area contributed by atoms with E-state index in [2.05, 4.69) is 24.5 Å². The number of nitrogens with one attached hydrogen (secondary N) is 1. The Morgan fingerprint density at radius 3 is 2.21 bits per heavy atom. The highest BCUT2D eigenvalue weighted by atomic mass is 16.2. The number of hydrogen-bond donors (Lipinski definition) is 2. The fraction of sp³-hybridized carbons (Fsp3) is 0.188. The summed E-state index contributed by atoms with van der Waals surface area (Å²) in [6.07, 6.45) is 4.08. The quantitative estimate of drug-likeness (QED) is 0.377. The molecule has 0 aliphatic rings. The van der Waals surface area contributed by atoms with Crippen LogP contribution in [0.2, 0.25) is 0 Å². The summed E-state index contributed by atoms with van der Waals surface area (Å²) in [6.45, 7) is 2.13. The first kappa shape index (κ1) is 14.9. The summed E-state index contributed by atoms with van der Waals surface area (Å²) in [4.78, 5) is 11.0. The minimum atomic E-state index is -0.282. The van der Waals surface area contributed by atoms with E-state index in [9.17, 15) is 4.79 Å². The van der Waals surface area contributed by atoms with E-state index in [4.69, 9.17) is 5.84 Å². The van der Waals surface area contributed by atoms with Crippen molar-refractivity contribution in [3.05, 3.63) is 72.3 Å². The number of hydrogen-bond acceptors (Lipinski definition) is 2. The van der Waals surface area contributed by atoms with Gasteiger partial charge in [-0.2, -0.15) is 0 Å². The number of nitrogens with two attached hydrogens (primary N) is 1. The lowest BCUT2D eigenvalue weighted by Crippen LogP contribution is -2.27. The molecule has 0 aromatic heterocycles. The SMILES string of the molecule is CC(C/C=C/C(=O)NN)c1ccccccccc1. The Kier molecular flexibility index (Phi) is 6.98. The van der Waals surface area contributed by atoms with Crippen LogP contribution < -0.4 is 11.3 Å². The van der Waals surface area contributed by atoms with Gasteiger partial charge in [-0.05, 0) is 17.9 Å². The second kappa shape index (κ2) is 8.89. The van der Waals surface area contributed by atoms with Crippen molar-refractivity contribution in [1.29, 1.82) is 0 Å². The van der Waals surface area contributed by atoms with Crippen LogP contribution in [-0.2, 0) is 4.79 Å². The molecule has 3 N–H and O–H groups in total. The van der Waals surface area contributed by atoms with Gasteiger partial charge in [0, 0.05) is 6.08 Å². The number of allylic oxidation sites excluding steroid dienone is 1. The molecule has 1 amide bonds. The fourth-order valence-corrected chi connectivity index (χ4v) is 1.60. The van der Waals surface area contributed by atoms with Gasteiger partial charge < -0.3 is 0 Å². The Morgan fingerprint density at radius 1 is 1.16 bits per heavy atom. The van der Waals surface area contributed by atoms with Crippen molar-refractivity contribution in [3.8, 4) is 0 Å². The molecule has 1 rings (SSSR count). The average molecular weight is 256 g/mol. The van der Waals surface area contributed by atoms with Gasteiger partial charge in [-0.25, -0.2) is 5.84 Å². The maximum atomic E-state index is 11.0. The third-order valence-electron chi connectivity index (χ3n) is 2.71. The zero-order valence-corrected chi connectivity index (χ0v) is 11.1. The third-order valence-corrected chi connectivity index (χ3v) is 2.71. The molecule has 0 aliphatic heterocycles. The molecular formula is C16H20N2O. The molecule has 3 nitrogen and oxygen atoms in total. The Balaban J connectivity index is 2.79. The average Bonchev–Trinajstić information content (AvgIpc) is 2.44. The number of carbonyl (C=O) groups is 1. The predicted octanol–water partition coefficient (Wildman–Crippen LogP) is 2.85. The molecule has 0 spiro atoms. The summed E-state index contributed by atoms with van der Waals surface area (Å²) in [6, 6.07) is 18.1. The summed E-state index contributed by atoms with van der Waals surface area (Å²) < 4.78 is 0. The van der Waals surface area contributed by atoms with Crippen molar-refractivity contribution < 1.29 is 4.79 Å². The van der Waals surface area contributed by atoms with Crippen LogP contribution in [0.4, 0.5) is 0 Å². The smallest absolute Gasteiger partial charge is 0.257 e. The lowest BCUT2D eigenvalue weighted by Gasteiger charge is -2.07. The van der Waals surface area contributed by atoms with E-state index in [1.165, 1.54) is 11.6 Å². The zero-order valence-electron chi connectivity index (χ0n) is 11.1. The highest BCUT2D eigenvalue weighted by Gasteiger charge is 2.01.